The molecule has 0 saturated heterocycles. The zero-order valence-electron chi connectivity index (χ0n) is 12.7. The monoisotopic (exact) mass is 283 g/mol. The molecular weight excluding hydrogens is 258 g/mol. The first kappa shape index (κ1) is 14.6. The minimum absolute atomic E-state index is 0.0313. The summed E-state index contributed by atoms with van der Waals surface area (Å²) < 4.78 is 0. The average molecular weight is 283 g/mol. The van der Waals surface area contributed by atoms with Gasteiger partial charge in [0.1, 0.15) is 0 Å². The molecule has 21 heavy (non-hydrogen) atoms. The second kappa shape index (κ2) is 6.62. The van der Waals surface area contributed by atoms with Gasteiger partial charge in [0.2, 0.25) is 0 Å². The smallest absolute Gasteiger partial charge is 0.0991 e. The fraction of sp³-hybridized carbons (Fsp3) is 0.632. The van der Waals surface area contributed by atoms with Crippen LogP contribution in [0.3, 0.4) is 0 Å². The molecule has 2 aliphatic carbocycles. The van der Waals surface area contributed by atoms with Crippen LogP contribution in [0.5, 0.6) is 0 Å². The first-order chi connectivity index (χ1) is 10.3. The second-order valence-corrected chi connectivity index (χ2v) is 6.91. The van der Waals surface area contributed by atoms with Gasteiger partial charge in [-0.3, -0.25) is 0 Å². The third kappa shape index (κ3) is 3.47. The maximum atomic E-state index is 9.64. The molecule has 112 valence electrons. The van der Waals surface area contributed by atoms with E-state index in [2.05, 4.69) is 18.2 Å². The molecule has 0 bridgehead atoms. The van der Waals surface area contributed by atoms with Crippen molar-refractivity contribution < 1.29 is 5.11 Å². The van der Waals surface area contributed by atoms with Crippen LogP contribution < -0.4 is 0 Å². The predicted molar refractivity (Wildman–Crippen MR) is 83.8 cm³/mol. The van der Waals surface area contributed by atoms with Crippen LogP contribution in [0.2, 0.25) is 0 Å². The Morgan fingerprint density at radius 1 is 0.810 bits per heavy atom. The van der Waals surface area contributed by atoms with Gasteiger partial charge >= 0.3 is 0 Å². The van der Waals surface area contributed by atoms with Crippen molar-refractivity contribution in [3.8, 4) is 6.07 Å². The third-order valence-electron chi connectivity index (χ3n) is 5.69. The third-order valence-corrected chi connectivity index (χ3v) is 5.69. The Morgan fingerprint density at radius 3 is 1.86 bits per heavy atom. The van der Waals surface area contributed by atoms with Crippen LogP contribution in [0.4, 0.5) is 0 Å². The van der Waals surface area contributed by atoms with E-state index in [0.29, 0.717) is 5.92 Å². The van der Waals surface area contributed by atoms with Crippen LogP contribution in [0, 0.1) is 23.2 Å². The lowest BCUT2D eigenvalue weighted by molar-refractivity contribution is 0.0805. The van der Waals surface area contributed by atoms with E-state index >= 15 is 0 Å². The van der Waals surface area contributed by atoms with Gasteiger partial charge in [-0.1, -0.05) is 12.1 Å². The lowest BCUT2D eigenvalue weighted by Gasteiger charge is -2.37. The number of benzene rings is 1. The summed E-state index contributed by atoms with van der Waals surface area (Å²) >= 11 is 0. The van der Waals surface area contributed by atoms with Crippen molar-refractivity contribution >= 4 is 0 Å². The van der Waals surface area contributed by atoms with Gasteiger partial charge in [-0.2, -0.15) is 5.26 Å². The molecule has 0 heterocycles. The molecule has 0 amide bonds. The van der Waals surface area contributed by atoms with E-state index in [9.17, 15) is 5.11 Å². The molecule has 2 nitrogen and oxygen atoms in total. The molecule has 0 aromatic heterocycles. The van der Waals surface area contributed by atoms with E-state index in [1.165, 1.54) is 44.1 Å². The molecule has 3 rings (SSSR count). The highest BCUT2D eigenvalue weighted by molar-refractivity contribution is 5.33. The van der Waals surface area contributed by atoms with Gasteiger partial charge in [-0.25, -0.2) is 0 Å². The lowest BCUT2D eigenvalue weighted by atomic mass is 9.69. The Balaban J connectivity index is 1.53. The SMILES string of the molecule is N#Cc1ccc(C2CCC(C3CCC(O)CC3)CC2)cc1. The standard InChI is InChI=1S/C19H25NO/c20-13-14-1-3-15(4-2-14)16-5-7-17(8-6-16)18-9-11-19(21)12-10-18/h1-4,16-19,21H,5-12H2. The summed E-state index contributed by atoms with van der Waals surface area (Å²) in [5.74, 6) is 2.42. The molecule has 2 aliphatic rings. The molecule has 0 spiro atoms. The molecule has 0 radical (unpaired) electrons. The number of aliphatic hydroxyl groups is 1. The van der Waals surface area contributed by atoms with E-state index in [4.69, 9.17) is 5.26 Å². The molecule has 0 unspecified atom stereocenters. The van der Waals surface area contributed by atoms with E-state index in [-0.39, 0.29) is 6.10 Å². The van der Waals surface area contributed by atoms with E-state index < -0.39 is 0 Å². The summed E-state index contributed by atoms with van der Waals surface area (Å²) in [5, 5.41) is 18.5. The van der Waals surface area contributed by atoms with Crippen LogP contribution in [-0.2, 0) is 0 Å². The Hall–Kier alpha value is -1.33. The highest BCUT2D eigenvalue weighted by Gasteiger charge is 2.30. The van der Waals surface area contributed by atoms with Gasteiger partial charge in [-0.15, -0.1) is 0 Å². The summed E-state index contributed by atoms with van der Waals surface area (Å²) in [6, 6.07) is 10.4. The first-order valence-corrected chi connectivity index (χ1v) is 8.44. The topological polar surface area (TPSA) is 44.0 Å². The van der Waals surface area contributed by atoms with Gasteiger partial charge in [-0.05, 0) is 86.8 Å². The van der Waals surface area contributed by atoms with Crippen molar-refractivity contribution in [2.45, 2.75) is 63.4 Å². The summed E-state index contributed by atoms with van der Waals surface area (Å²) in [7, 11) is 0. The maximum absolute atomic E-state index is 9.64. The average Bonchev–Trinajstić information content (AvgIpc) is 2.56. The number of nitrogens with zero attached hydrogens (tertiary/aromatic N) is 1. The molecule has 2 saturated carbocycles. The van der Waals surface area contributed by atoms with Crippen molar-refractivity contribution in [3.05, 3.63) is 35.4 Å². The van der Waals surface area contributed by atoms with Gasteiger partial charge in [0.15, 0.2) is 0 Å². The van der Waals surface area contributed by atoms with Crippen LogP contribution >= 0.6 is 0 Å². The zero-order valence-corrected chi connectivity index (χ0v) is 12.7. The Bertz CT molecular complexity index is 485. The molecule has 1 aromatic rings. The molecule has 1 N–H and O–H groups in total. The van der Waals surface area contributed by atoms with Crippen LogP contribution in [0.1, 0.15) is 68.4 Å². The Morgan fingerprint density at radius 2 is 1.33 bits per heavy atom. The van der Waals surface area contributed by atoms with Crippen molar-refractivity contribution in [1.82, 2.24) is 0 Å². The summed E-state index contributed by atoms with van der Waals surface area (Å²) in [6.07, 6.45) is 9.71. The Labute approximate surface area is 127 Å². The molecular formula is C19H25NO. The predicted octanol–water partition coefficient (Wildman–Crippen LogP) is 4.38. The number of hydrogen-bond donors (Lipinski definition) is 1. The lowest BCUT2D eigenvalue weighted by Crippen LogP contribution is -2.26. The van der Waals surface area contributed by atoms with Gasteiger partial charge in [0, 0.05) is 0 Å². The number of rotatable bonds is 2. The normalized spacial score (nSPS) is 33.3. The van der Waals surface area contributed by atoms with Crippen molar-refractivity contribution in [3.63, 3.8) is 0 Å². The minimum atomic E-state index is -0.0313. The van der Waals surface area contributed by atoms with Crippen LogP contribution in [-0.4, -0.2) is 11.2 Å². The fourth-order valence-electron chi connectivity index (χ4n) is 4.33. The quantitative estimate of drug-likeness (QED) is 0.875. The highest BCUT2D eigenvalue weighted by atomic mass is 16.3. The minimum Gasteiger partial charge on any atom is -0.393 e. The van der Waals surface area contributed by atoms with E-state index in [1.54, 1.807) is 0 Å². The van der Waals surface area contributed by atoms with Gasteiger partial charge < -0.3 is 5.11 Å². The fourth-order valence-corrected chi connectivity index (χ4v) is 4.33. The number of nitriles is 1. The number of aliphatic hydroxyl groups excluding tert-OH is 1. The van der Waals surface area contributed by atoms with Gasteiger partial charge in [0.05, 0.1) is 17.7 Å². The van der Waals surface area contributed by atoms with Crippen molar-refractivity contribution in [2.75, 3.05) is 0 Å². The van der Waals surface area contributed by atoms with Crippen LogP contribution in [0.25, 0.3) is 0 Å². The van der Waals surface area contributed by atoms with Crippen LogP contribution in [0.15, 0.2) is 24.3 Å². The molecule has 2 heteroatoms. The first-order valence-electron chi connectivity index (χ1n) is 8.44. The van der Waals surface area contributed by atoms with Crippen molar-refractivity contribution in [2.24, 2.45) is 11.8 Å². The van der Waals surface area contributed by atoms with E-state index in [1.807, 2.05) is 12.1 Å². The molecule has 0 atom stereocenters. The van der Waals surface area contributed by atoms with E-state index in [0.717, 1.165) is 30.2 Å². The summed E-state index contributed by atoms with van der Waals surface area (Å²) in [6.45, 7) is 0. The number of hydrogen-bond acceptors (Lipinski definition) is 2. The van der Waals surface area contributed by atoms with Gasteiger partial charge in [0.25, 0.3) is 0 Å². The second-order valence-electron chi connectivity index (χ2n) is 6.91. The zero-order chi connectivity index (χ0) is 14.7. The molecule has 2 fully saturated rings. The maximum Gasteiger partial charge on any atom is 0.0991 e. The largest absolute Gasteiger partial charge is 0.393 e. The Kier molecular flexibility index (Phi) is 4.60. The molecule has 1 aromatic carbocycles. The summed E-state index contributed by atoms with van der Waals surface area (Å²) in [5.41, 5.74) is 2.17. The van der Waals surface area contributed by atoms with Crippen molar-refractivity contribution in [1.29, 1.82) is 5.26 Å². The summed E-state index contributed by atoms with van der Waals surface area (Å²) in [4.78, 5) is 0. The molecule has 0 aliphatic heterocycles. The highest BCUT2D eigenvalue weighted by Crippen LogP contribution is 2.42.